The molecule has 1 aliphatic carbocycles. The highest BCUT2D eigenvalue weighted by molar-refractivity contribution is 6.42. The maximum atomic E-state index is 16.3. The molecule has 2 aliphatic rings. The standard InChI is InChI=1S/C28H27Cl2F2N3O5/c1-28(2,3)40-27(39)33-21-12-34(10-16(21)13-4-7-18(29)19(30)8-13)24-20(31)9-15-23(22(24)32)35(14-5-6-14)11-17(25(15)36)26(37)38/h4,7-9,11,14,16,21H,5-6,10,12H2,1-3H3,(H,33,39)(H,37,38)/t16-,21+/m0/s1. The molecule has 0 spiro atoms. The Labute approximate surface area is 238 Å². The third kappa shape index (κ3) is 5.34. The molecular weight excluding hydrogens is 567 g/mol. The lowest BCUT2D eigenvalue weighted by Crippen LogP contribution is -2.42. The van der Waals surface area contributed by atoms with E-state index in [1.54, 1.807) is 39.0 Å². The molecule has 0 radical (unpaired) electrons. The minimum Gasteiger partial charge on any atom is -0.477 e. The van der Waals surface area contributed by atoms with Gasteiger partial charge in [-0.2, -0.15) is 0 Å². The van der Waals surface area contributed by atoms with Crippen LogP contribution >= 0.6 is 23.2 Å². The Bertz CT molecular complexity index is 1600. The molecule has 0 unspecified atom stereocenters. The van der Waals surface area contributed by atoms with Gasteiger partial charge >= 0.3 is 12.1 Å². The fourth-order valence-electron chi connectivity index (χ4n) is 5.19. The average Bonchev–Trinajstić information content (AvgIpc) is 3.61. The van der Waals surface area contributed by atoms with Crippen LogP contribution in [0.25, 0.3) is 10.9 Å². The minimum atomic E-state index is -1.47. The second kappa shape index (κ2) is 10.2. The van der Waals surface area contributed by atoms with Crippen LogP contribution in [-0.4, -0.2) is 46.5 Å². The van der Waals surface area contributed by atoms with Crippen LogP contribution in [0.4, 0.5) is 19.3 Å². The topological polar surface area (TPSA) is 101 Å². The van der Waals surface area contributed by atoms with Crippen molar-refractivity contribution in [3.63, 3.8) is 0 Å². The summed E-state index contributed by atoms with van der Waals surface area (Å²) in [7, 11) is 0. The number of carbonyl (C=O) groups is 2. The molecule has 3 aromatic rings. The molecule has 1 saturated carbocycles. The highest BCUT2D eigenvalue weighted by Crippen LogP contribution is 2.41. The molecule has 1 aromatic heterocycles. The van der Waals surface area contributed by atoms with E-state index in [2.05, 4.69) is 5.32 Å². The SMILES string of the molecule is CC(C)(C)OC(=O)N[C@@H]1CN(c2c(F)cc3c(=O)c(C(=O)O)cn(C4CC4)c3c2F)C[C@H]1c1ccc(Cl)c(Cl)c1. The van der Waals surface area contributed by atoms with Gasteiger partial charge in [-0.15, -0.1) is 0 Å². The third-order valence-electron chi connectivity index (χ3n) is 7.06. The van der Waals surface area contributed by atoms with Crippen LogP contribution in [0.3, 0.4) is 0 Å². The molecule has 2 fully saturated rings. The Balaban J connectivity index is 1.60. The minimum absolute atomic E-state index is 0.0182. The Kier molecular flexibility index (Phi) is 7.20. The number of nitrogens with one attached hydrogen (secondary N) is 1. The van der Waals surface area contributed by atoms with Crippen molar-refractivity contribution in [2.75, 3.05) is 18.0 Å². The number of hydrogen-bond acceptors (Lipinski definition) is 5. The normalized spacial score (nSPS) is 19.2. The van der Waals surface area contributed by atoms with Gasteiger partial charge in [0.25, 0.3) is 0 Å². The van der Waals surface area contributed by atoms with Crippen molar-refractivity contribution in [3.8, 4) is 0 Å². The summed E-state index contributed by atoms with van der Waals surface area (Å²) in [6.07, 6.45) is 1.79. The van der Waals surface area contributed by atoms with Gasteiger partial charge in [0.2, 0.25) is 5.43 Å². The summed E-state index contributed by atoms with van der Waals surface area (Å²) in [6, 6.07) is 5.06. The van der Waals surface area contributed by atoms with Crippen LogP contribution in [0.1, 0.15) is 61.5 Å². The first-order valence-corrected chi connectivity index (χ1v) is 13.5. The molecule has 0 bridgehead atoms. The van der Waals surface area contributed by atoms with E-state index in [4.69, 9.17) is 27.9 Å². The smallest absolute Gasteiger partial charge is 0.407 e. The highest BCUT2D eigenvalue weighted by Gasteiger charge is 2.39. The Morgan fingerprint density at radius 3 is 2.40 bits per heavy atom. The van der Waals surface area contributed by atoms with Crippen molar-refractivity contribution in [1.29, 1.82) is 0 Å². The zero-order chi connectivity index (χ0) is 29.1. The summed E-state index contributed by atoms with van der Waals surface area (Å²) in [6.45, 7) is 5.28. The predicted molar refractivity (Wildman–Crippen MR) is 148 cm³/mol. The molecule has 1 aliphatic heterocycles. The van der Waals surface area contributed by atoms with Gasteiger partial charge < -0.3 is 24.6 Å². The number of pyridine rings is 1. The van der Waals surface area contributed by atoms with Crippen molar-refractivity contribution < 1.29 is 28.2 Å². The van der Waals surface area contributed by atoms with E-state index in [1.165, 1.54) is 9.47 Å². The molecule has 1 amide bonds. The highest BCUT2D eigenvalue weighted by atomic mass is 35.5. The number of fused-ring (bicyclic) bond motifs is 1. The van der Waals surface area contributed by atoms with Gasteiger partial charge in [0.05, 0.1) is 27.0 Å². The molecule has 5 rings (SSSR count). The third-order valence-corrected chi connectivity index (χ3v) is 7.80. The van der Waals surface area contributed by atoms with Gasteiger partial charge in [-0.05, 0) is 57.4 Å². The number of rotatable bonds is 5. The van der Waals surface area contributed by atoms with E-state index in [-0.39, 0.29) is 35.7 Å². The van der Waals surface area contributed by atoms with E-state index in [0.29, 0.717) is 28.5 Å². The van der Waals surface area contributed by atoms with Crippen LogP contribution in [0.15, 0.2) is 35.3 Å². The lowest BCUT2D eigenvalue weighted by atomic mass is 9.94. The van der Waals surface area contributed by atoms with Gasteiger partial charge in [0.15, 0.2) is 5.82 Å². The van der Waals surface area contributed by atoms with Crippen molar-refractivity contribution in [2.45, 2.75) is 57.2 Å². The molecule has 40 heavy (non-hydrogen) atoms. The van der Waals surface area contributed by atoms with Crippen LogP contribution in [0.5, 0.6) is 0 Å². The maximum absolute atomic E-state index is 16.3. The number of benzene rings is 2. The maximum Gasteiger partial charge on any atom is 0.407 e. The average molecular weight is 594 g/mol. The largest absolute Gasteiger partial charge is 0.477 e. The fraction of sp³-hybridized carbons (Fsp3) is 0.393. The van der Waals surface area contributed by atoms with E-state index in [1.807, 2.05) is 0 Å². The number of hydrogen-bond donors (Lipinski definition) is 2. The first kappa shape index (κ1) is 28.2. The van der Waals surface area contributed by atoms with Crippen LogP contribution in [0, 0.1) is 11.6 Å². The fourth-order valence-corrected chi connectivity index (χ4v) is 5.49. The van der Waals surface area contributed by atoms with E-state index >= 15 is 8.78 Å². The Morgan fingerprint density at radius 2 is 1.80 bits per heavy atom. The zero-order valence-corrected chi connectivity index (χ0v) is 23.4. The van der Waals surface area contributed by atoms with Crippen molar-refractivity contribution >= 4 is 51.9 Å². The predicted octanol–water partition coefficient (Wildman–Crippen LogP) is 6.12. The van der Waals surface area contributed by atoms with Crippen LogP contribution in [0.2, 0.25) is 10.0 Å². The molecule has 2 aromatic carbocycles. The van der Waals surface area contributed by atoms with Gasteiger partial charge in [-0.1, -0.05) is 29.3 Å². The summed E-state index contributed by atoms with van der Waals surface area (Å²) in [5, 5.41) is 12.6. The number of carboxylic acid groups (broad SMARTS) is 1. The molecule has 2 N–H and O–H groups in total. The lowest BCUT2D eigenvalue weighted by Gasteiger charge is -2.24. The quantitative estimate of drug-likeness (QED) is 0.370. The number of amides is 1. The number of nitrogens with zero attached hydrogens (tertiary/aromatic N) is 2. The Hall–Kier alpha value is -3.37. The van der Waals surface area contributed by atoms with Gasteiger partial charge in [0, 0.05) is 31.2 Å². The molecular formula is C28H27Cl2F2N3O5. The number of halogens is 4. The zero-order valence-electron chi connectivity index (χ0n) is 21.9. The monoisotopic (exact) mass is 593 g/mol. The van der Waals surface area contributed by atoms with E-state index in [0.717, 1.165) is 12.3 Å². The number of alkyl carbamates (subject to hydrolysis) is 1. The molecule has 2 atom stereocenters. The van der Waals surface area contributed by atoms with Crippen molar-refractivity contribution in [1.82, 2.24) is 9.88 Å². The number of aromatic carboxylic acids is 1. The summed E-state index contributed by atoms with van der Waals surface area (Å²) < 4.78 is 38.7. The van der Waals surface area contributed by atoms with Crippen LogP contribution < -0.4 is 15.6 Å². The van der Waals surface area contributed by atoms with Gasteiger partial charge in [0.1, 0.15) is 22.7 Å². The second-order valence-electron chi connectivity index (χ2n) is 11.2. The number of ether oxygens (including phenoxy) is 1. The first-order chi connectivity index (χ1) is 18.7. The lowest BCUT2D eigenvalue weighted by molar-refractivity contribution is 0.0504. The summed E-state index contributed by atoms with van der Waals surface area (Å²) in [4.78, 5) is 38.7. The first-order valence-electron chi connectivity index (χ1n) is 12.7. The number of carboxylic acids is 1. The van der Waals surface area contributed by atoms with E-state index in [9.17, 15) is 19.5 Å². The van der Waals surface area contributed by atoms with E-state index < -0.39 is 52.3 Å². The molecule has 212 valence electrons. The molecule has 12 heteroatoms. The summed E-state index contributed by atoms with van der Waals surface area (Å²) in [5.41, 5.74) is -2.09. The summed E-state index contributed by atoms with van der Waals surface area (Å²) in [5.74, 6) is -3.90. The second-order valence-corrected chi connectivity index (χ2v) is 12.0. The number of anilines is 1. The number of carbonyl (C=O) groups excluding carboxylic acids is 1. The van der Waals surface area contributed by atoms with Gasteiger partial charge in [-0.25, -0.2) is 18.4 Å². The summed E-state index contributed by atoms with van der Waals surface area (Å²) >= 11 is 12.3. The molecule has 2 heterocycles. The van der Waals surface area contributed by atoms with Gasteiger partial charge in [-0.3, -0.25) is 4.79 Å². The van der Waals surface area contributed by atoms with Crippen LogP contribution in [-0.2, 0) is 4.74 Å². The van der Waals surface area contributed by atoms with Crippen molar-refractivity contribution in [2.24, 2.45) is 0 Å². The molecule has 8 nitrogen and oxygen atoms in total. The van der Waals surface area contributed by atoms with Crippen molar-refractivity contribution in [3.05, 3.63) is 73.5 Å². The Morgan fingerprint density at radius 1 is 1.10 bits per heavy atom. The molecule has 1 saturated heterocycles. The number of aromatic nitrogens is 1.